The minimum Gasteiger partial charge on any atom is -0.390 e. The first-order valence-corrected chi connectivity index (χ1v) is 4.44. The van der Waals surface area contributed by atoms with Crippen LogP contribution in [0.25, 0.3) is 0 Å². The highest BCUT2D eigenvalue weighted by Gasteiger charge is 2.34. The van der Waals surface area contributed by atoms with Gasteiger partial charge in [0.1, 0.15) is 6.10 Å². The highest BCUT2D eigenvalue weighted by atomic mass is 16.8. The summed E-state index contributed by atoms with van der Waals surface area (Å²) >= 11 is 0. The Bertz CT molecular complexity index is 198. The molecule has 1 amide bonds. The summed E-state index contributed by atoms with van der Waals surface area (Å²) in [6, 6.07) is 0. The molecule has 0 bridgehead atoms. The number of carbonyl (C=O) groups is 1. The molecular formula is C8H15NO5. The average molecular weight is 205 g/mol. The zero-order valence-electron chi connectivity index (χ0n) is 8.14. The molecule has 4 atom stereocenters. The maximum absolute atomic E-state index is 10.5. The molecule has 0 aliphatic carbocycles. The van der Waals surface area contributed by atoms with Crippen molar-refractivity contribution in [1.82, 2.24) is 5.48 Å². The topological polar surface area (TPSA) is 88.0 Å². The lowest BCUT2D eigenvalue weighted by Crippen LogP contribution is -2.49. The van der Waals surface area contributed by atoms with Gasteiger partial charge in [0.15, 0.2) is 6.29 Å². The smallest absolute Gasteiger partial charge is 0.240 e. The van der Waals surface area contributed by atoms with Gasteiger partial charge in [0.05, 0.1) is 12.2 Å². The van der Waals surface area contributed by atoms with Crippen molar-refractivity contribution >= 4 is 5.91 Å². The van der Waals surface area contributed by atoms with Gasteiger partial charge in [-0.15, -0.1) is 0 Å². The zero-order valence-corrected chi connectivity index (χ0v) is 8.14. The quantitative estimate of drug-likeness (QED) is 0.499. The largest absolute Gasteiger partial charge is 0.390 e. The van der Waals surface area contributed by atoms with Gasteiger partial charge in [-0.2, -0.15) is 0 Å². The molecule has 1 heterocycles. The maximum atomic E-state index is 10.5. The molecule has 1 rings (SSSR count). The molecule has 1 aliphatic rings. The molecule has 3 N–H and O–H groups in total. The number of carbonyl (C=O) groups excluding carboxylic acids is 1. The average Bonchev–Trinajstić information content (AvgIpc) is 2.10. The van der Waals surface area contributed by atoms with Crippen LogP contribution in [0.3, 0.4) is 0 Å². The summed E-state index contributed by atoms with van der Waals surface area (Å²) < 4.78 is 5.17. The lowest BCUT2D eigenvalue weighted by molar-refractivity contribution is -0.262. The lowest BCUT2D eigenvalue weighted by Gasteiger charge is -2.34. The van der Waals surface area contributed by atoms with E-state index in [-0.39, 0.29) is 12.3 Å². The van der Waals surface area contributed by atoms with Gasteiger partial charge in [-0.1, -0.05) is 0 Å². The number of rotatable bonds is 2. The highest BCUT2D eigenvalue weighted by Crippen LogP contribution is 2.19. The number of hydrogen-bond acceptors (Lipinski definition) is 5. The molecule has 0 saturated carbocycles. The number of aliphatic hydroxyl groups is 2. The molecule has 6 heteroatoms. The van der Waals surface area contributed by atoms with E-state index in [4.69, 9.17) is 9.57 Å². The lowest BCUT2D eigenvalue weighted by atomic mass is 10.0. The van der Waals surface area contributed by atoms with Gasteiger partial charge in [-0.3, -0.25) is 4.79 Å². The van der Waals surface area contributed by atoms with Crippen molar-refractivity contribution in [2.45, 2.75) is 44.9 Å². The normalized spacial score (nSPS) is 38.0. The summed E-state index contributed by atoms with van der Waals surface area (Å²) in [5.41, 5.74) is 2.11. The number of amides is 1. The number of hydrogen-bond donors (Lipinski definition) is 3. The molecule has 1 fully saturated rings. The van der Waals surface area contributed by atoms with Gasteiger partial charge in [0.2, 0.25) is 5.91 Å². The molecule has 0 aromatic carbocycles. The Hall–Kier alpha value is -0.690. The van der Waals surface area contributed by atoms with E-state index in [0.717, 1.165) is 0 Å². The Morgan fingerprint density at radius 2 is 2.21 bits per heavy atom. The van der Waals surface area contributed by atoms with Gasteiger partial charge in [-0.25, -0.2) is 10.3 Å². The van der Waals surface area contributed by atoms with E-state index in [0.29, 0.717) is 0 Å². The second kappa shape index (κ2) is 4.70. The second-order valence-electron chi connectivity index (χ2n) is 3.34. The molecule has 0 aromatic heterocycles. The molecule has 1 unspecified atom stereocenters. The zero-order chi connectivity index (χ0) is 10.7. The number of nitrogens with one attached hydrogen (secondary N) is 1. The highest BCUT2D eigenvalue weighted by molar-refractivity contribution is 5.71. The Morgan fingerprint density at radius 3 is 2.71 bits per heavy atom. The first kappa shape index (κ1) is 11.4. The molecular weight excluding hydrogens is 190 g/mol. The van der Waals surface area contributed by atoms with E-state index >= 15 is 0 Å². The minimum absolute atomic E-state index is 0.131. The maximum Gasteiger partial charge on any atom is 0.240 e. The summed E-state index contributed by atoms with van der Waals surface area (Å²) in [5.74, 6) is -0.345. The predicted molar refractivity (Wildman–Crippen MR) is 45.9 cm³/mol. The Balaban J connectivity index is 2.38. The van der Waals surface area contributed by atoms with E-state index < -0.39 is 24.6 Å². The van der Waals surface area contributed by atoms with Crippen molar-refractivity contribution in [2.24, 2.45) is 0 Å². The van der Waals surface area contributed by atoms with Gasteiger partial charge in [0.25, 0.3) is 0 Å². The predicted octanol–water partition coefficient (Wildman–Crippen LogP) is -1.09. The number of ether oxygens (including phenoxy) is 1. The Morgan fingerprint density at radius 1 is 1.57 bits per heavy atom. The van der Waals surface area contributed by atoms with Crippen LogP contribution < -0.4 is 5.48 Å². The van der Waals surface area contributed by atoms with Crippen LogP contribution in [0.2, 0.25) is 0 Å². The fourth-order valence-corrected chi connectivity index (χ4v) is 1.25. The molecule has 0 aromatic rings. The summed E-state index contributed by atoms with van der Waals surface area (Å²) in [6.45, 7) is 2.93. The Kier molecular flexibility index (Phi) is 3.82. The van der Waals surface area contributed by atoms with Crippen LogP contribution in [-0.4, -0.2) is 40.7 Å². The fraction of sp³-hybridized carbons (Fsp3) is 0.875. The van der Waals surface area contributed by atoms with E-state index in [1.165, 1.54) is 6.92 Å². The summed E-state index contributed by atoms with van der Waals surface area (Å²) in [5, 5.41) is 18.7. The van der Waals surface area contributed by atoms with Crippen LogP contribution in [-0.2, 0) is 14.4 Å². The number of aliphatic hydroxyl groups excluding tert-OH is 2. The molecule has 6 nitrogen and oxygen atoms in total. The van der Waals surface area contributed by atoms with Gasteiger partial charge < -0.3 is 14.9 Å². The molecule has 0 radical (unpaired) electrons. The Labute approximate surface area is 81.8 Å². The fourth-order valence-electron chi connectivity index (χ4n) is 1.25. The van der Waals surface area contributed by atoms with Crippen molar-refractivity contribution in [3.63, 3.8) is 0 Å². The van der Waals surface area contributed by atoms with Crippen LogP contribution in [0.4, 0.5) is 0 Å². The van der Waals surface area contributed by atoms with Crippen LogP contribution in [0, 0.1) is 0 Å². The minimum atomic E-state index is -0.910. The van der Waals surface area contributed by atoms with E-state index in [1.54, 1.807) is 6.92 Å². The van der Waals surface area contributed by atoms with Gasteiger partial charge in [0, 0.05) is 13.3 Å². The van der Waals surface area contributed by atoms with Crippen LogP contribution in [0.5, 0.6) is 0 Å². The van der Waals surface area contributed by atoms with E-state index in [1.807, 2.05) is 0 Å². The molecule has 82 valence electrons. The first-order chi connectivity index (χ1) is 6.50. The van der Waals surface area contributed by atoms with E-state index in [9.17, 15) is 15.0 Å². The van der Waals surface area contributed by atoms with Crippen LogP contribution in [0.15, 0.2) is 0 Å². The first-order valence-electron chi connectivity index (χ1n) is 4.44. The monoisotopic (exact) mass is 205 g/mol. The van der Waals surface area contributed by atoms with Gasteiger partial charge in [-0.05, 0) is 6.92 Å². The molecule has 1 saturated heterocycles. The van der Waals surface area contributed by atoms with Crippen molar-refractivity contribution in [1.29, 1.82) is 0 Å². The van der Waals surface area contributed by atoms with Crippen molar-refractivity contribution in [2.75, 3.05) is 0 Å². The van der Waals surface area contributed by atoms with Crippen LogP contribution in [0.1, 0.15) is 20.3 Å². The van der Waals surface area contributed by atoms with Crippen LogP contribution >= 0.6 is 0 Å². The third-order valence-electron chi connectivity index (χ3n) is 2.01. The molecule has 14 heavy (non-hydrogen) atoms. The third-order valence-corrected chi connectivity index (χ3v) is 2.01. The second-order valence-corrected chi connectivity index (χ2v) is 3.34. The van der Waals surface area contributed by atoms with Crippen molar-refractivity contribution < 1.29 is 24.6 Å². The third kappa shape index (κ3) is 2.91. The van der Waals surface area contributed by atoms with Crippen molar-refractivity contribution in [3.8, 4) is 0 Å². The number of hydroxylamine groups is 1. The molecule has 0 spiro atoms. The molecule has 1 aliphatic heterocycles. The summed E-state index contributed by atoms with van der Waals surface area (Å²) in [7, 11) is 0. The SMILES string of the molecule is CC(=O)NOC1C[C@@H](O)[C@@H](O)[C@H](C)O1. The van der Waals surface area contributed by atoms with Gasteiger partial charge >= 0.3 is 0 Å². The van der Waals surface area contributed by atoms with E-state index in [2.05, 4.69) is 5.48 Å². The summed E-state index contributed by atoms with van der Waals surface area (Å²) in [4.78, 5) is 15.4. The van der Waals surface area contributed by atoms with Crippen molar-refractivity contribution in [3.05, 3.63) is 0 Å². The summed E-state index contributed by atoms with van der Waals surface area (Å²) in [6.07, 6.45) is -2.90. The standard InChI is InChI=1S/C8H15NO5/c1-4-8(12)6(11)3-7(13-4)14-9-5(2)10/h4,6-8,11-12H,3H2,1-2H3,(H,9,10)/t4-,6+,7?,8-/m0/s1.